The lowest BCUT2D eigenvalue weighted by molar-refractivity contribution is 0.180. The van der Waals surface area contributed by atoms with Gasteiger partial charge in [-0.15, -0.1) is 0 Å². The number of urea groups is 1. The van der Waals surface area contributed by atoms with Crippen LogP contribution in [0.25, 0.3) is 0 Å². The van der Waals surface area contributed by atoms with Gasteiger partial charge in [0, 0.05) is 25.6 Å². The zero-order chi connectivity index (χ0) is 19.2. The Hall–Kier alpha value is -2.35. The second-order valence-corrected chi connectivity index (χ2v) is 6.63. The third-order valence-electron chi connectivity index (χ3n) is 4.99. The van der Waals surface area contributed by atoms with Crippen LogP contribution in [0.15, 0.2) is 0 Å². The number of carbonyl (C=O) groups excluding carboxylic acids is 1. The van der Waals surface area contributed by atoms with Crippen LogP contribution in [-0.2, 0) is 6.42 Å². The summed E-state index contributed by atoms with van der Waals surface area (Å²) in [7, 11) is 4.71. The monoisotopic (exact) mass is 379 g/mol. The molecule has 0 saturated carbocycles. The molecule has 0 radical (unpaired) electrons. The third kappa shape index (κ3) is 4.16. The van der Waals surface area contributed by atoms with Crippen LogP contribution in [0.3, 0.4) is 0 Å². The van der Waals surface area contributed by atoms with Crippen molar-refractivity contribution in [3.05, 3.63) is 5.56 Å². The van der Waals surface area contributed by atoms with Crippen molar-refractivity contribution in [3.8, 4) is 23.0 Å². The Morgan fingerprint density at radius 2 is 1.85 bits per heavy atom. The molecule has 1 aromatic rings. The molecule has 2 N–H and O–H groups in total. The first kappa shape index (κ1) is 19.4. The summed E-state index contributed by atoms with van der Waals surface area (Å²) in [5, 5.41) is 5.39. The van der Waals surface area contributed by atoms with E-state index in [4.69, 9.17) is 18.9 Å². The topological polar surface area (TPSA) is 81.3 Å². The Labute approximate surface area is 160 Å². The number of likely N-dealkylation sites (tertiary alicyclic amines) is 1. The summed E-state index contributed by atoms with van der Waals surface area (Å²) < 4.78 is 23.1. The SMILES string of the molecule is CNC(=O)Nc1c(OC)c2c(c(OC)c1OCCN1CCCCC1)OCC2. The summed E-state index contributed by atoms with van der Waals surface area (Å²) in [5.41, 5.74) is 1.35. The van der Waals surface area contributed by atoms with E-state index in [1.807, 2.05) is 0 Å². The lowest BCUT2D eigenvalue weighted by Gasteiger charge is -2.27. The predicted molar refractivity (Wildman–Crippen MR) is 103 cm³/mol. The van der Waals surface area contributed by atoms with Gasteiger partial charge in [0.25, 0.3) is 0 Å². The number of nitrogens with one attached hydrogen (secondary N) is 2. The van der Waals surface area contributed by atoms with Gasteiger partial charge in [0.05, 0.1) is 20.8 Å². The van der Waals surface area contributed by atoms with Gasteiger partial charge >= 0.3 is 6.03 Å². The van der Waals surface area contributed by atoms with Gasteiger partial charge < -0.3 is 29.6 Å². The van der Waals surface area contributed by atoms with Crippen molar-refractivity contribution in [1.82, 2.24) is 10.2 Å². The fourth-order valence-electron chi connectivity index (χ4n) is 3.64. The number of hydrogen-bond donors (Lipinski definition) is 2. The van der Waals surface area contributed by atoms with Crippen molar-refractivity contribution >= 4 is 11.7 Å². The first-order valence-corrected chi connectivity index (χ1v) is 9.47. The summed E-state index contributed by atoms with van der Waals surface area (Å²) in [6.07, 6.45) is 4.44. The molecule has 1 fully saturated rings. The zero-order valence-corrected chi connectivity index (χ0v) is 16.4. The number of ether oxygens (including phenoxy) is 4. The zero-order valence-electron chi connectivity index (χ0n) is 16.4. The van der Waals surface area contributed by atoms with Crippen LogP contribution in [0, 0.1) is 0 Å². The molecule has 150 valence electrons. The van der Waals surface area contributed by atoms with Crippen LogP contribution in [0.5, 0.6) is 23.0 Å². The van der Waals surface area contributed by atoms with E-state index in [1.165, 1.54) is 19.3 Å². The maximum Gasteiger partial charge on any atom is 0.319 e. The first-order valence-electron chi connectivity index (χ1n) is 9.47. The normalized spacial score (nSPS) is 16.3. The van der Waals surface area contributed by atoms with Gasteiger partial charge in [-0.1, -0.05) is 6.42 Å². The molecule has 27 heavy (non-hydrogen) atoms. The van der Waals surface area contributed by atoms with Gasteiger partial charge in [-0.2, -0.15) is 0 Å². The fourth-order valence-corrected chi connectivity index (χ4v) is 3.64. The molecule has 2 aliphatic rings. The van der Waals surface area contributed by atoms with Crippen LogP contribution >= 0.6 is 0 Å². The molecular weight excluding hydrogens is 350 g/mol. The van der Waals surface area contributed by atoms with Crippen molar-refractivity contribution in [3.63, 3.8) is 0 Å². The quantitative estimate of drug-likeness (QED) is 0.756. The molecule has 0 aliphatic carbocycles. The molecular formula is C19H29N3O5. The van der Waals surface area contributed by atoms with E-state index in [9.17, 15) is 4.79 Å². The van der Waals surface area contributed by atoms with Crippen LogP contribution < -0.4 is 29.6 Å². The molecule has 1 saturated heterocycles. The van der Waals surface area contributed by atoms with E-state index in [0.29, 0.717) is 48.3 Å². The Balaban J connectivity index is 1.89. The number of hydrogen-bond acceptors (Lipinski definition) is 6. The van der Waals surface area contributed by atoms with Crippen molar-refractivity contribution in [1.29, 1.82) is 0 Å². The van der Waals surface area contributed by atoms with Crippen molar-refractivity contribution < 1.29 is 23.7 Å². The number of piperidine rings is 1. The fraction of sp³-hybridized carbons (Fsp3) is 0.632. The molecule has 8 nitrogen and oxygen atoms in total. The third-order valence-corrected chi connectivity index (χ3v) is 4.99. The highest BCUT2D eigenvalue weighted by molar-refractivity contribution is 5.95. The molecule has 0 unspecified atom stereocenters. The van der Waals surface area contributed by atoms with E-state index in [-0.39, 0.29) is 6.03 Å². The number of amides is 2. The van der Waals surface area contributed by atoms with Gasteiger partial charge in [0.1, 0.15) is 12.3 Å². The molecule has 1 aromatic carbocycles. The Morgan fingerprint density at radius 3 is 2.52 bits per heavy atom. The first-order chi connectivity index (χ1) is 13.2. The molecule has 0 spiro atoms. The Bertz CT molecular complexity index is 674. The Kier molecular flexibility index (Phi) is 6.49. The van der Waals surface area contributed by atoms with Crippen molar-refractivity contribution in [2.24, 2.45) is 0 Å². The van der Waals surface area contributed by atoms with Crippen LogP contribution in [0.2, 0.25) is 0 Å². The maximum atomic E-state index is 12.0. The second-order valence-electron chi connectivity index (χ2n) is 6.63. The number of fused-ring (bicyclic) bond motifs is 1. The highest BCUT2D eigenvalue weighted by atomic mass is 16.5. The van der Waals surface area contributed by atoms with Gasteiger partial charge in [0.2, 0.25) is 5.75 Å². The number of nitrogens with zero attached hydrogens (tertiary/aromatic N) is 1. The molecule has 0 atom stereocenters. The average molecular weight is 379 g/mol. The maximum absolute atomic E-state index is 12.0. The van der Waals surface area contributed by atoms with Gasteiger partial charge in [-0.25, -0.2) is 4.79 Å². The van der Waals surface area contributed by atoms with Gasteiger partial charge in [-0.3, -0.25) is 4.90 Å². The number of rotatable bonds is 7. The highest BCUT2D eigenvalue weighted by Crippen LogP contribution is 2.54. The summed E-state index contributed by atoms with van der Waals surface area (Å²) in [6.45, 7) is 4.04. The van der Waals surface area contributed by atoms with E-state index in [1.54, 1.807) is 21.3 Å². The van der Waals surface area contributed by atoms with Crippen molar-refractivity contribution in [2.75, 3.05) is 59.4 Å². The van der Waals surface area contributed by atoms with E-state index >= 15 is 0 Å². The van der Waals surface area contributed by atoms with Crippen LogP contribution in [0.1, 0.15) is 24.8 Å². The smallest absolute Gasteiger partial charge is 0.319 e. The van der Waals surface area contributed by atoms with Gasteiger partial charge in [-0.05, 0) is 25.9 Å². The average Bonchev–Trinajstić information content (AvgIpc) is 3.18. The lowest BCUT2D eigenvalue weighted by Crippen LogP contribution is -2.33. The molecule has 0 bridgehead atoms. The molecule has 8 heteroatoms. The molecule has 0 aromatic heterocycles. The van der Waals surface area contributed by atoms with Crippen LogP contribution in [0.4, 0.5) is 10.5 Å². The largest absolute Gasteiger partial charge is 0.494 e. The summed E-state index contributed by atoms with van der Waals surface area (Å²) in [5.74, 6) is 2.12. The second kappa shape index (κ2) is 9.03. The molecule has 2 amide bonds. The summed E-state index contributed by atoms with van der Waals surface area (Å²) >= 11 is 0. The number of anilines is 1. The van der Waals surface area contributed by atoms with Crippen molar-refractivity contribution in [2.45, 2.75) is 25.7 Å². The molecule has 3 rings (SSSR count). The van der Waals surface area contributed by atoms with E-state index < -0.39 is 0 Å². The van der Waals surface area contributed by atoms with E-state index in [0.717, 1.165) is 25.2 Å². The Morgan fingerprint density at radius 1 is 1.11 bits per heavy atom. The van der Waals surface area contributed by atoms with Crippen LogP contribution in [-0.4, -0.2) is 65.0 Å². The molecule has 2 aliphatic heterocycles. The highest BCUT2D eigenvalue weighted by Gasteiger charge is 2.32. The van der Waals surface area contributed by atoms with Gasteiger partial charge in [0.15, 0.2) is 17.2 Å². The predicted octanol–water partition coefficient (Wildman–Crippen LogP) is 2.25. The number of carbonyl (C=O) groups is 1. The summed E-state index contributed by atoms with van der Waals surface area (Å²) in [6, 6.07) is -0.352. The minimum Gasteiger partial charge on any atom is -0.494 e. The standard InChI is InChI=1S/C19H29N3O5/c1-20-19(23)21-14-15(24-2)13-7-11-26-16(13)18(25-3)17(14)27-12-10-22-8-5-4-6-9-22/h4-12H2,1-3H3,(H2,20,21,23). The number of benzene rings is 1. The minimum atomic E-state index is -0.352. The molecule has 2 heterocycles. The summed E-state index contributed by atoms with van der Waals surface area (Å²) in [4.78, 5) is 14.4. The lowest BCUT2D eigenvalue weighted by atomic mass is 10.1. The van der Waals surface area contributed by atoms with E-state index in [2.05, 4.69) is 15.5 Å². The number of methoxy groups -OCH3 is 2. The minimum absolute atomic E-state index is 0.352.